The molecule has 1 unspecified atom stereocenters. The molecule has 2 N–H and O–H groups in total. The first-order valence-electron chi connectivity index (χ1n) is 9.08. The number of nitrogens with one attached hydrogen (secondary N) is 2. The zero-order valence-corrected chi connectivity index (χ0v) is 16.9. The van der Waals surface area contributed by atoms with E-state index in [1.54, 1.807) is 12.0 Å². The second-order valence-electron chi connectivity index (χ2n) is 7.48. The number of methoxy groups -OCH3 is 1. The lowest BCUT2D eigenvalue weighted by Crippen LogP contribution is -2.47. The quantitative estimate of drug-likeness (QED) is 0.726. The molecule has 3 amide bonds. The van der Waals surface area contributed by atoms with Crippen LogP contribution < -0.4 is 15.4 Å². The Labute approximate surface area is 165 Å². The van der Waals surface area contributed by atoms with Crippen molar-refractivity contribution in [3.63, 3.8) is 0 Å². The highest BCUT2D eigenvalue weighted by molar-refractivity contribution is 7.88. The molecule has 154 valence electrons. The summed E-state index contributed by atoms with van der Waals surface area (Å²) in [6.07, 6.45) is 1.37. The molecule has 0 aliphatic carbocycles. The summed E-state index contributed by atoms with van der Waals surface area (Å²) in [6, 6.07) is 7.11. The Hall–Kier alpha value is -2.33. The van der Waals surface area contributed by atoms with Crippen LogP contribution in [0.25, 0.3) is 0 Å². The van der Waals surface area contributed by atoms with Gasteiger partial charge in [-0.1, -0.05) is 12.1 Å². The minimum absolute atomic E-state index is 0.117. The van der Waals surface area contributed by atoms with Crippen LogP contribution in [0.15, 0.2) is 24.3 Å². The van der Waals surface area contributed by atoms with Crippen molar-refractivity contribution < 1.29 is 22.7 Å². The van der Waals surface area contributed by atoms with Gasteiger partial charge in [-0.15, -0.1) is 0 Å². The van der Waals surface area contributed by atoms with Gasteiger partial charge in [0.2, 0.25) is 15.9 Å². The van der Waals surface area contributed by atoms with Gasteiger partial charge in [-0.2, -0.15) is 4.31 Å². The van der Waals surface area contributed by atoms with Gasteiger partial charge in [0, 0.05) is 51.1 Å². The average molecular weight is 410 g/mol. The predicted molar refractivity (Wildman–Crippen MR) is 103 cm³/mol. The fraction of sp³-hybridized carbons (Fsp3) is 0.556. The molecular weight excluding hydrogens is 384 g/mol. The summed E-state index contributed by atoms with van der Waals surface area (Å²) in [5, 5.41) is 5.66. The molecule has 1 spiro atoms. The van der Waals surface area contributed by atoms with Crippen molar-refractivity contribution in [1.82, 2.24) is 19.8 Å². The standard InChI is InChI=1S/C18H26N4O5S/c1-27-15-5-3-14(4-6-15)10-19-17(24)21-7-8-22(28(2,25)26)13-18(12-21)9-16(23)20-11-18/h3-6H,7-13H2,1-2H3,(H,19,24)(H,20,23). The van der Waals surface area contributed by atoms with Gasteiger partial charge in [0.05, 0.1) is 13.4 Å². The molecule has 1 atom stereocenters. The normalized spacial score (nSPS) is 23.4. The highest BCUT2D eigenvalue weighted by atomic mass is 32.2. The third kappa shape index (κ3) is 4.74. The lowest BCUT2D eigenvalue weighted by atomic mass is 9.86. The van der Waals surface area contributed by atoms with Gasteiger partial charge < -0.3 is 20.3 Å². The lowest BCUT2D eigenvalue weighted by molar-refractivity contribution is -0.119. The maximum absolute atomic E-state index is 12.7. The van der Waals surface area contributed by atoms with Crippen LogP contribution in [-0.4, -0.2) is 75.7 Å². The van der Waals surface area contributed by atoms with Crippen LogP contribution in [0.5, 0.6) is 5.75 Å². The van der Waals surface area contributed by atoms with Crippen LogP contribution >= 0.6 is 0 Å². The molecule has 0 bridgehead atoms. The van der Waals surface area contributed by atoms with Crippen molar-refractivity contribution in [1.29, 1.82) is 0 Å². The number of ether oxygens (including phenoxy) is 1. The van der Waals surface area contributed by atoms with E-state index in [0.29, 0.717) is 19.6 Å². The number of amides is 3. The van der Waals surface area contributed by atoms with E-state index in [0.717, 1.165) is 17.6 Å². The van der Waals surface area contributed by atoms with E-state index in [4.69, 9.17) is 4.74 Å². The molecule has 2 fully saturated rings. The van der Waals surface area contributed by atoms with Crippen LogP contribution in [0.4, 0.5) is 4.79 Å². The van der Waals surface area contributed by atoms with Gasteiger partial charge in [-0.05, 0) is 17.7 Å². The Kier molecular flexibility index (Phi) is 5.80. The van der Waals surface area contributed by atoms with E-state index >= 15 is 0 Å². The lowest BCUT2D eigenvalue weighted by Gasteiger charge is -2.32. The highest BCUT2D eigenvalue weighted by Crippen LogP contribution is 2.31. The van der Waals surface area contributed by atoms with Gasteiger partial charge in [-0.3, -0.25) is 4.79 Å². The van der Waals surface area contributed by atoms with Gasteiger partial charge in [-0.25, -0.2) is 13.2 Å². The average Bonchev–Trinajstić information content (AvgIpc) is 2.89. The monoisotopic (exact) mass is 410 g/mol. The Balaban J connectivity index is 1.69. The van der Waals surface area contributed by atoms with Gasteiger partial charge in [0.25, 0.3) is 0 Å². The highest BCUT2D eigenvalue weighted by Gasteiger charge is 2.45. The fourth-order valence-electron chi connectivity index (χ4n) is 3.68. The molecule has 2 saturated heterocycles. The van der Waals surface area contributed by atoms with Crippen molar-refractivity contribution >= 4 is 22.0 Å². The van der Waals surface area contributed by atoms with Crippen molar-refractivity contribution in [2.24, 2.45) is 5.41 Å². The molecule has 1 aromatic rings. The number of benzene rings is 1. The summed E-state index contributed by atoms with van der Waals surface area (Å²) >= 11 is 0. The van der Waals surface area contributed by atoms with Crippen LogP contribution in [0.1, 0.15) is 12.0 Å². The largest absolute Gasteiger partial charge is 0.497 e. The third-order valence-electron chi connectivity index (χ3n) is 5.21. The third-order valence-corrected chi connectivity index (χ3v) is 6.46. The first-order chi connectivity index (χ1) is 13.2. The first-order valence-corrected chi connectivity index (χ1v) is 10.9. The molecule has 0 aromatic heterocycles. The van der Waals surface area contributed by atoms with Crippen molar-refractivity contribution in [2.45, 2.75) is 13.0 Å². The van der Waals surface area contributed by atoms with Crippen molar-refractivity contribution in [3.8, 4) is 5.75 Å². The predicted octanol–water partition coefficient (Wildman–Crippen LogP) is -0.0117. The topological polar surface area (TPSA) is 108 Å². The van der Waals surface area contributed by atoms with Gasteiger partial charge >= 0.3 is 6.03 Å². The molecule has 28 heavy (non-hydrogen) atoms. The molecule has 2 aliphatic rings. The molecule has 10 heteroatoms. The number of carbonyl (C=O) groups excluding carboxylic acids is 2. The number of nitrogens with zero attached hydrogens (tertiary/aromatic N) is 2. The molecule has 2 aliphatic heterocycles. The van der Waals surface area contributed by atoms with E-state index < -0.39 is 15.4 Å². The number of sulfonamides is 1. The Morgan fingerprint density at radius 1 is 1.25 bits per heavy atom. The summed E-state index contributed by atoms with van der Waals surface area (Å²) in [6.45, 7) is 1.75. The van der Waals surface area contributed by atoms with E-state index in [1.165, 1.54) is 4.31 Å². The summed E-state index contributed by atoms with van der Waals surface area (Å²) in [5.74, 6) is 0.623. The number of urea groups is 1. The van der Waals surface area contributed by atoms with Gasteiger partial charge in [0.1, 0.15) is 5.75 Å². The molecule has 9 nitrogen and oxygen atoms in total. The molecular formula is C18H26N4O5S. The van der Waals surface area contributed by atoms with Crippen molar-refractivity contribution in [2.75, 3.05) is 46.1 Å². The summed E-state index contributed by atoms with van der Waals surface area (Å²) < 4.78 is 30.7. The SMILES string of the molecule is COc1ccc(CNC(=O)N2CCN(S(C)(=O)=O)CC3(CNC(=O)C3)C2)cc1. The zero-order valence-electron chi connectivity index (χ0n) is 16.1. The van der Waals surface area contributed by atoms with Gasteiger partial charge in [0.15, 0.2) is 0 Å². The van der Waals surface area contributed by atoms with E-state index in [9.17, 15) is 18.0 Å². The second kappa shape index (κ2) is 7.96. The minimum atomic E-state index is -3.42. The van der Waals surface area contributed by atoms with Crippen molar-refractivity contribution in [3.05, 3.63) is 29.8 Å². The molecule has 0 saturated carbocycles. The Bertz CT molecular complexity index is 842. The molecule has 2 heterocycles. The summed E-state index contributed by atoms with van der Waals surface area (Å²) in [7, 11) is -1.83. The number of hydrogen-bond acceptors (Lipinski definition) is 5. The second-order valence-corrected chi connectivity index (χ2v) is 9.46. The maximum atomic E-state index is 12.7. The first kappa shape index (κ1) is 20.4. The smallest absolute Gasteiger partial charge is 0.317 e. The van der Waals surface area contributed by atoms with Crippen LogP contribution in [0, 0.1) is 5.41 Å². The molecule has 0 radical (unpaired) electrons. The van der Waals surface area contributed by atoms with E-state index in [1.807, 2.05) is 24.3 Å². The number of hydrogen-bond donors (Lipinski definition) is 2. The zero-order chi connectivity index (χ0) is 20.4. The van der Waals surface area contributed by atoms with Crippen LogP contribution in [-0.2, 0) is 21.4 Å². The minimum Gasteiger partial charge on any atom is -0.497 e. The maximum Gasteiger partial charge on any atom is 0.317 e. The summed E-state index contributed by atoms with van der Waals surface area (Å²) in [4.78, 5) is 26.2. The number of carbonyl (C=O) groups is 2. The fourth-order valence-corrected chi connectivity index (χ4v) is 4.61. The Morgan fingerprint density at radius 2 is 1.96 bits per heavy atom. The summed E-state index contributed by atoms with van der Waals surface area (Å²) in [5.41, 5.74) is 0.322. The van der Waals surface area contributed by atoms with Crippen LogP contribution in [0.3, 0.4) is 0 Å². The number of rotatable bonds is 4. The van der Waals surface area contributed by atoms with E-state index in [-0.39, 0.29) is 38.0 Å². The van der Waals surface area contributed by atoms with E-state index in [2.05, 4.69) is 10.6 Å². The molecule has 3 rings (SSSR count). The van der Waals surface area contributed by atoms with Crippen LogP contribution in [0.2, 0.25) is 0 Å². The molecule has 1 aromatic carbocycles. The Morgan fingerprint density at radius 3 is 2.54 bits per heavy atom.